The van der Waals surface area contributed by atoms with E-state index in [1.807, 2.05) is 12.1 Å². The molecule has 0 radical (unpaired) electrons. The Morgan fingerprint density at radius 1 is 1.22 bits per heavy atom. The van der Waals surface area contributed by atoms with E-state index >= 15 is 0 Å². The number of carbonyl (C=O) groups is 2. The highest BCUT2D eigenvalue weighted by molar-refractivity contribution is 6.41. The van der Waals surface area contributed by atoms with Gasteiger partial charge in [-0.2, -0.15) is 0 Å². The third-order valence-corrected chi connectivity index (χ3v) is 6.13. The number of urea groups is 1. The van der Waals surface area contributed by atoms with Gasteiger partial charge in [-0.15, -0.1) is 0 Å². The van der Waals surface area contributed by atoms with Gasteiger partial charge in [-0.1, -0.05) is 47.5 Å². The minimum Gasteiger partial charge on any atom is -0.381 e. The van der Waals surface area contributed by atoms with Crippen molar-refractivity contribution < 1.29 is 19.4 Å². The molecule has 0 spiro atoms. The van der Waals surface area contributed by atoms with E-state index in [9.17, 15) is 14.7 Å². The molecule has 0 bridgehead atoms. The van der Waals surface area contributed by atoms with Crippen LogP contribution in [0.25, 0.3) is 0 Å². The average Bonchev–Trinajstić information content (AvgIpc) is 2.77. The van der Waals surface area contributed by atoms with Crippen molar-refractivity contribution >= 4 is 40.8 Å². The highest BCUT2D eigenvalue weighted by Crippen LogP contribution is 2.34. The van der Waals surface area contributed by atoms with Gasteiger partial charge in [-0.3, -0.25) is 4.79 Å². The van der Waals surface area contributed by atoms with Crippen molar-refractivity contribution in [2.75, 3.05) is 19.0 Å². The van der Waals surface area contributed by atoms with E-state index in [4.69, 9.17) is 33.7 Å². The number of hydrogen-bond donors (Lipinski definition) is 5. The fourth-order valence-electron chi connectivity index (χ4n) is 3.75. The maximum absolute atomic E-state index is 13.0. The summed E-state index contributed by atoms with van der Waals surface area (Å²) in [6.07, 6.45) is 1.35. The Morgan fingerprint density at radius 3 is 2.62 bits per heavy atom. The second-order valence-corrected chi connectivity index (χ2v) is 8.37. The molecule has 0 aliphatic heterocycles. The number of ether oxygens (including phenoxy) is 1. The molecule has 1 aliphatic carbocycles. The summed E-state index contributed by atoms with van der Waals surface area (Å²) >= 11 is 12.8. The van der Waals surface area contributed by atoms with Crippen molar-refractivity contribution in [3.8, 4) is 0 Å². The number of benzene rings is 2. The number of carbonyl (C=O) groups excluding carboxylic acids is 2. The maximum atomic E-state index is 13.0. The molecule has 2 unspecified atom stereocenters. The van der Waals surface area contributed by atoms with Crippen LogP contribution in [-0.4, -0.2) is 49.1 Å². The zero-order valence-corrected chi connectivity index (χ0v) is 19.0. The second kappa shape index (κ2) is 10.9. The lowest BCUT2D eigenvalue weighted by molar-refractivity contribution is -0.0937. The van der Waals surface area contributed by atoms with Gasteiger partial charge < -0.3 is 31.5 Å². The number of halogens is 2. The number of fused-ring (bicyclic) bond motifs is 1. The highest BCUT2D eigenvalue weighted by Gasteiger charge is 2.26. The summed E-state index contributed by atoms with van der Waals surface area (Å²) in [4.78, 5) is 24.0. The van der Waals surface area contributed by atoms with Crippen LogP contribution in [0.2, 0.25) is 10.0 Å². The lowest BCUT2D eigenvalue weighted by atomic mass is 9.88. The number of nitrogens with two attached hydrogens (primary N) is 1. The number of aliphatic hydroxyl groups excluding tert-OH is 1. The molecular weight excluding hydrogens is 455 g/mol. The van der Waals surface area contributed by atoms with Crippen molar-refractivity contribution in [2.24, 2.45) is 5.73 Å². The number of aliphatic hydroxyl groups is 1. The molecular formula is C22H26Cl2N4O4. The van der Waals surface area contributed by atoms with E-state index < -0.39 is 24.3 Å². The van der Waals surface area contributed by atoms with Crippen molar-refractivity contribution in [3.05, 3.63) is 63.1 Å². The maximum Gasteiger partial charge on any atom is 0.312 e. The summed E-state index contributed by atoms with van der Waals surface area (Å²) in [5.41, 5.74) is 8.36. The summed E-state index contributed by atoms with van der Waals surface area (Å²) in [5.74, 6) is -0.620. The summed E-state index contributed by atoms with van der Waals surface area (Å²) < 4.78 is 4.87. The normalized spacial score (nSPS) is 17.1. The van der Waals surface area contributed by atoms with Crippen molar-refractivity contribution in [3.63, 3.8) is 0 Å². The fourth-order valence-corrected chi connectivity index (χ4v) is 4.35. The first-order valence-electron chi connectivity index (χ1n) is 10.2. The van der Waals surface area contributed by atoms with E-state index in [1.54, 1.807) is 12.1 Å². The SMILES string of the molecule is COC(O)[C@H](CNC(N)=O)NC(=O)c1c(Cl)ccc(NC2CCc3ccccc3C2)c1Cl. The van der Waals surface area contributed by atoms with Crippen molar-refractivity contribution in [1.29, 1.82) is 0 Å². The lowest BCUT2D eigenvalue weighted by Crippen LogP contribution is -2.51. The number of anilines is 1. The van der Waals surface area contributed by atoms with Crippen molar-refractivity contribution in [2.45, 2.75) is 37.6 Å². The van der Waals surface area contributed by atoms with E-state index in [-0.39, 0.29) is 28.2 Å². The largest absolute Gasteiger partial charge is 0.381 e. The topological polar surface area (TPSA) is 126 Å². The predicted molar refractivity (Wildman–Crippen MR) is 124 cm³/mol. The van der Waals surface area contributed by atoms with Gasteiger partial charge in [-0.05, 0) is 42.5 Å². The molecule has 0 saturated carbocycles. The van der Waals surface area contributed by atoms with E-state index in [0.717, 1.165) is 19.3 Å². The summed E-state index contributed by atoms with van der Waals surface area (Å²) in [5, 5.41) is 18.7. The molecule has 0 fully saturated rings. The quantitative estimate of drug-likeness (QED) is 0.371. The van der Waals surface area contributed by atoms with E-state index in [0.29, 0.717) is 5.69 Å². The first-order chi connectivity index (χ1) is 15.3. The van der Waals surface area contributed by atoms with Crippen LogP contribution in [-0.2, 0) is 17.6 Å². The number of aryl methyl sites for hydroxylation is 1. The van der Waals surface area contributed by atoms with Crippen LogP contribution < -0.4 is 21.7 Å². The Morgan fingerprint density at radius 2 is 1.94 bits per heavy atom. The van der Waals surface area contributed by atoms with E-state index in [2.05, 4.69) is 28.1 Å². The van der Waals surface area contributed by atoms with Crippen LogP contribution in [0.3, 0.4) is 0 Å². The predicted octanol–water partition coefficient (Wildman–Crippen LogP) is 2.69. The number of amides is 3. The molecule has 3 amide bonds. The fraction of sp³-hybridized carbons (Fsp3) is 0.364. The second-order valence-electron chi connectivity index (χ2n) is 7.59. The summed E-state index contributed by atoms with van der Waals surface area (Å²) in [6.45, 7) is -0.148. The molecule has 172 valence electrons. The average molecular weight is 481 g/mol. The Labute approximate surface area is 196 Å². The van der Waals surface area contributed by atoms with Crippen LogP contribution in [0.5, 0.6) is 0 Å². The summed E-state index contributed by atoms with van der Waals surface area (Å²) in [6, 6.07) is 10.0. The molecule has 6 N–H and O–H groups in total. The van der Waals surface area contributed by atoms with Gasteiger partial charge in [0.05, 0.1) is 27.3 Å². The minimum absolute atomic E-state index is 0.0573. The molecule has 0 aromatic heterocycles. The van der Waals surface area contributed by atoms with Crippen molar-refractivity contribution in [1.82, 2.24) is 10.6 Å². The lowest BCUT2D eigenvalue weighted by Gasteiger charge is -2.27. The van der Waals surface area contributed by atoms with Crippen LogP contribution in [0, 0.1) is 0 Å². The molecule has 2 aromatic rings. The van der Waals surface area contributed by atoms with Gasteiger partial charge in [-0.25, -0.2) is 4.79 Å². The van der Waals surface area contributed by atoms with Gasteiger partial charge in [0, 0.05) is 19.7 Å². The molecule has 8 nitrogen and oxygen atoms in total. The minimum atomic E-state index is -1.38. The Hall–Kier alpha value is -2.52. The molecule has 1 aliphatic rings. The molecule has 0 heterocycles. The molecule has 0 saturated heterocycles. The zero-order valence-electron chi connectivity index (χ0n) is 17.5. The standard InChI is InChI=1S/C22H26Cl2N4O4/c1-32-21(30)17(11-26-22(25)31)28-20(29)18-15(23)8-9-16(19(18)24)27-14-7-6-12-4-2-3-5-13(12)10-14/h2-5,8-9,14,17,21,27,30H,6-7,10-11H2,1H3,(H,28,29)(H3,25,26,31)/t14?,17-,21?/m0/s1. The molecule has 3 atom stereocenters. The number of primary amides is 1. The van der Waals surface area contributed by atoms with Gasteiger partial charge in [0.2, 0.25) is 0 Å². The van der Waals surface area contributed by atoms with Crippen LogP contribution >= 0.6 is 23.2 Å². The van der Waals surface area contributed by atoms with Crippen LogP contribution in [0.1, 0.15) is 27.9 Å². The zero-order chi connectivity index (χ0) is 23.3. The first-order valence-corrected chi connectivity index (χ1v) is 10.9. The Bertz CT molecular complexity index is 988. The van der Waals surface area contributed by atoms with Crippen LogP contribution in [0.4, 0.5) is 10.5 Å². The highest BCUT2D eigenvalue weighted by atomic mass is 35.5. The third kappa shape index (κ3) is 5.83. The van der Waals surface area contributed by atoms with Gasteiger partial charge in [0.25, 0.3) is 5.91 Å². The van der Waals surface area contributed by atoms with Gasteiger partial charge in [0.15, 0.2) is 6.29 Å². The number of methoxy groups -OCH3 is 1. The molecule has 10 heteroatoms. The Kier molecular flexibility index (Phi) is 8.20. The van der Waals surface area contributed by atoms with E-state index in [1.165, 1.54) is 18.2 Å². The number of rotatable bonds is 8. The van der Waals surface area contributed by atoms with Gasteiger partial charge >= 0.3 is 6.03 Å². The smallest absolute Gasteiger partial charge is 0.312 e. The summed E-state index contributed by atoms with van der Waals surface area (Å²) in [7, 11) is 1.26. The first kappa shape index (κ1) is 24.1. The number of hydrogen-bond acceptors (Lipinski definition) is 5. The molecule has 3 rings (SSSR count). The van der Waals surface area contributed by atoms with Crippen LogP contribution in [0.15, 0.2) is 36.4 Å². The third-order valence-electron chi connectivity index (χ3n) is 5.42. The molecule has 32 heavy (non-hydrogen) atoms. The Balaban J connectivity index is 1.76. The number of nitrogens with one attached hydrogen (secondary N) is 3. The van der Waals surface area contributed by atoms with Gasteiger partial charge in [0.1, 0.15) is 0 Å². The molecule has 2 aromatic carbocycles. The monoisotopic (exact) mass is 480 g/mol.